The van der Waals surface area contributed by atoms with Crippen molar-refractivity contribution < 1.29 is 0 Å². The molecule has 0 aliphatic heterocycles. The number of nitrogens with two attached hydrogens (primary N) is 1. The summed E-state index contributed by atoms with van der Waals surface area (Å²) in [4.78, 5) is 3.20. The molecule has 2 nitrogen and oxygen atoms in total. The predicted octanol–water partition coefficient (Wildman–Crippen LogP) is 1.04. The first-order valence-electron chi connectivity index (χ1n) is 3.29. The molecule has 0 aromatic rings. The van der Waals surface area contributed by atoms with E-state index < -0.39 is 8.40 Å². The number of rotatable bonds is 1. The van der Waals surface area contributed by atoms with Crippen LogP contribution in [0.1, 0.15) is 20.8 Å². The van der Waals surface area contributed by atoms with E-state index in [9.17, 15) is 0 Å². The number of hydrogen-bond donors (Lipinski definition) is 2. The molecule has 1 atom stereocenters. The molecule has 1 unspecified atom stereocenters. The van der Waals surface area contributed by atoms with E-state index in [0.29, 0.717) is 0 Å². The van der Waals surface area contributed by atoms with Crippen molar-refractivity contribution in [3.05, 3.63) is 0 Å². The normalized spacial score (nSPS) is 19.3. The molecule has 56 valence electrons. The Morgan fingerprint density at radius 2 is 1.67 bits per heavy atom. The smallest absolute Gasteiger partial charge is 0.200 e. The van der Waals surface area contributed by atoms with Crippen LogP contribution < -0.4 is 10.4 Å². The van der Waals surface area contributed by atoms with Crippen molar-refractivity contribution in [1.29, 1.82) is 0 Å². The first kappa shape index (κ1) is 9.14. The molecular formula is C6H18N2Si. The molecule has 0 bridgehead atoms. The molecule has 0 spiro atoms. The van der Waals surface area contributed by atoms with E-state index in [1.165, 1.54) is 0 Å². The van der Waals surface area contributed by atoms with Gasteiger partial charge in [-0.2, -0.15) is 0 Å². The van der Waals surface area contributed by atoms with Gasteiger partial charge in [-0.15, -0.1) is 0 Å². The minimum absolute atomic E-state index is 0.252. The average molecular weight is 146 g/mol. The summed E-state index contributed by atoms with van der Waals surface area (Å²) in [6.45, 7) is 8.66. The van der Waals surface area contributed by atoms with Crippen LogP contribution in [-0.4, -0.2) is 15.4 Å². The summed E-state index contributed by atoms with van der Waals surface area (Å²) in [6.07, 6.45) is 0. The summed E-state index contributed by atoms with van der Waals surface area (Å²) in [7, 11) is 0.313. The monoisotopic (exact) mass is 146 g/mol. The second-order valence-electron chi connectivity index (χ2n) is 3.70. The van der Waals surface area contributed by atoms with Crippen LogP contribution in [0, 0.1) is 0 Å². The van der Waals surface area contributed by atoms with E-state index in [0.717, 1.165) is 0 Å². The Morgan fingerprint density at radius 3 is 1.67 bits per heavy atom. The lowest BCUT2D eigenvalue weighted by molar-refractivity contribution is 0.694. The molecule has 3 N–H and O–H groups in total. The summed E-state index contributed by atoms with van der Waals surface area (Å²) >= 11 is 0. The van der Waals surface area contributed by atoms with Crippen molar-refractivity contribution in [2.75, 3.05) is 7.05 Å². The minimum atomic E-state index is -1.63. The lowest BCUT2D eigenvalue weighted by atomic mass is 10.2. The van der Waals surface area contributed by atoms with Gasteiger partial charge in [-0.1, -0.05) is 20.8 Å². The van der Waals surface area contributed by atoms with Gasteiger partial charge in [-0.3, -0.25) is 0 Å². The van der Waals surface area contributed by atoms with Crippen molar-refractivity contribution in [2.45, 2.75) is 32.4 Å². The Kier molecular flexibility index (Phi) is 2.44. The molecule has 0 aromatic heterocycles. The highest BCUT2D eigenvalue weighted by atomic mass is 28.3. The van der Waals surface area contributed by atoms with Crippen LogP contribution in [0.4, 0.5) is 0 Å². The van der Waals surface area contributed by atoms with Crippen LogP contribution >= 0.6 is 0 Å². The lowest BCUT2D eigenvalue weighted by Gasteiger charge is -2.34. The van der Waals surface area contributed by atoms with Crippen LogP contribution in [0.3, 0.4) is 0 Å². The van der Waals surface area contributed by atoms with Gasteiger partial charge in [-0.05, 0) is 18.6 Å². The van der Waals surface area contributed by atoms with Crippen LogP contribution in [0.15, 0.2) is 0 Å². The van der Waals surface area contributed by atoms with Crippen molar-refractivity contribution in [3.63, 3.8) is 0 Å². The molecular weight excluding hydrogens is 128 g/mol. The van der Waals surface area contributed by atoms with Crippen LogP contribution in [0.25, 0.3) is 0 Å². The molecule has 9 heavy (non-hydrogen) atoms. The maximum Gasteiger partial charge on any atom is 0.200 e. The number of hydrogen-bond acceptors (Lipinski definition) is 2. The van der Waals surface area contributed by atoms with Crippen LogP contribution in [0.5, 0.6) is 0 Å². The standard InChI is InChI=1S/C6H18N2Si/c1-6(2,3)9(5,7)8-4/h8H,7H2,1-5H3. The Morgan fingerprint density at radius 1 is 1.33 bits per heavy atom. The van der Waals surface area contributed by atoms with Crippen molar-refractivity contribution >= 4 is 8.40 Å². The molecule has 0 saturated heterocycles. The van der Waals surface area contributed by atoms with E-state index in [2.05, 4.69) is 32.3 Å². The molecule has 3 heteroatoms. The predicted molar refractivity (Wildman–Crippen MR) is 44.6 cm³/mol. The fourth-order valence-electron chi connectivity index (χ4n) is 0.375. The van der Waals surface area contributed by atoms with Crippen molar-refractivity contribution in [3.8, 4) is 0 Å². The zero-order chi connectivity index (χ0) is 7.71. The van der Waals surface area contributed by atoms with Gasteiger partial charge in [0.15, 0.2) is 0 Å². The zero-order valence-electron chi connectivity index (χ0n) is 7.08. The van der Waals surface area contributed by atoms with Gasteiger partial charge in [0.25, 0.3) is 0 Å². The summed E-state index contributed by atoms with van der Waals surface area (Å²) in [6, 6.07) is 0. The highest BCUT2D eigenvalue weighted by molar-refractivity contribution is 6.75. The fraction of sp³-hybridized carbons (Fsp3) is 1.00. The molecule has 0 amide bonds. The average Bonchev–Trinajstić information content (AvgIpc) is 1.64. The van der Waals surface area contributed by atoms with Gasteiger partial charge in [0.1, 0.15) is 0 Å². The Labute approximate surface area is 59.0 Å². The summed E-state index contributed by atoms with van der Waals surface area (Å²) in [5.41, 5.74) is 0. The Balaban J connectivity index is 4.14. The maximum atomic E-state index is 6.02. The summed E-state index contributed by atoms with van der Waals surface area (Å²) < 4.78 is 0. The quantitative estimate of drug-likeness (QED) is 0.542. The Bertz CT molecular complexity index is 93.7. The number of nitrogens with one attached hydrogen (secondary N) is 1. The third kappa shape index (κ3) is 2.08. The van der Waals surface area contributed by atoms with Gasteiger partial charge in [0.05, 0.1) is 0 Å². The highest BCUT2D eigenvalue weighted by Crippen LogP contribution is 2.29. The third-order valence-electron chi connectivity index (χ3n) is 2.08. The molecule has 0 rings (SSSR count). The summed E-state index contributed by atoms with van der Waals surface area (Å²) in [5, 5.41) is 6.27. The summed E-state index contributed by atoms with van der Waals surface area (Å²) in [5.74, 6) is 0. The molecule has 0 aliphatic carbocycles. The molecule has 0 radical (unpaired) electrons. The van der Waals surface area contributed by atoms with Gasteiger partial charge < -0.3 is 10.4 Å². The van der Waals surface area contributed by atoms with Gasteiger partial charge in [0, 0.05) is 0 Å². The zero-order valence-corrected chi connectivity index (χ0v) is 8.08. The van der Waals surface area contributed by atoms with E-state index in [4.69, 9.17) is 5.40 Å². The first-order chi connectivity index (χ1) is 3.81. The van der Waals surface area contributed by atoms with Crippen LogP contribution in [-0.2, 0) is 0 Å². The molecule has 0 aliphatic rings. The van der Waals surface area contributed by atoms with Crippen LogP contribution in [0.2, 0.25) is 11.6 Å². The van der Waals surface area contributed by atoms with Gasteiger partial charge in [-0.25, -0.2) is 0 Å². The molecule has 0 saturated carbocycles. The fourth-order valence-corrected chi connectivity index (χ4v) is 1.12. The Hall–Kier alpha value is 0.137. The maximum absolute atomic E-state index is 6.02. The second kappa shape index (κ2) is 2.40. The van der Waals surface area contributed by atoms with Crippen molar-refractivity contribution in [1.82, 2.24) is 4.98 Å². The van der Waals surface area contributed by atoms with E-state index in [1.807, 2.05) is 7.05 Å². The van der Waals surface area contributed by atoms with E-state index in [1.54, 1.807) is 0 Å². The topological polar surface area (TPSA) is 38.0 Å². The minimum Gasteiger partial charge on any atom is -0.339 e. The molecule has 0 heterocycles. The van der Waals surface area contributed by atoms with Crippen molar-refractivity contribution in [2.24, 2.45) is 5.40 Å². The first-order valence-corrected chi connectivity index (χ1v) is 5.87. The second-order valence-corrected chi connectivity index (χ2v) is 8.11. The molecule has 0 aromatic carbocycles. The molecule has 0 fully saturated rings. The highest BCUT2D eigenvalue weighted by Gasteiger charge is 2.34. The van der Waals surface area contributed by atoms with E-state index >= 15 is 0 Å². The van der Waals surface area contributed by atoms with Gasteiger partial charge >= 0.3 is 0 Å². The van der Waals surface area contributed by atoms with E-state index in [-0.39, 0.29) is 5.04 Å². The third-order valence-corrected chi connectivity index (χ3v) is 6.23. The largest absolute Gasteiger partial charge is 0.339 e. The lowest BCUT2D eigenvalue weighted by Crippen LogP contribution is -2.61. The van der Waals surface area contributed by atoms with Gasteiger partial charge in [0.2, 0.25) is 8.40 Å². The SMILES string of the molecule is CN[Si](C)(N)C(C)(C)C.